The van der Waals surface area contributed by atoms with Gasteiger partial charge in [-0.05, 0) is 18.9 Å². The van der Waals surface area contributed by atoms with Crippen molar-refractivity contribution in [1.29, 1.82) is 0 Å². The highest BCUT2D eigenvalue weighted by atomic mass is 32.3. The van der Waals surface area contributed by atoms with Crippen molar-refractivity contribution in [3.8, 4) is 0 Å². The number of methoxy groups -OCH3 is 1. The van der Waals surface area contributed by atoms with Gasteiger partial charge in [0, 0.05) is 53.3 Å². The Balaban J connectivity index is 3.24. The Morgan fingerprint density at radius 1 is 1.87 bits per heavy atom. The maximum absolute atomic E-state index is 13.8. The number of nitrogens with zero attached hydrogens (tertiary/aromatic N) is 1. The minimum absolute atomic E-state index is 0.660. The summed E-state index contributed by atoms with van der Waals surface area (Å²) in [7, 11) is -15.6. The molecule has 132 valence electrons. The molecule has 8 nitrogen and oxygen atoms in total. The number of fused-ring (bicyclic) bond motifs is 1. The summed E-state index contributed by atoms with van der Waals surface area (Å²) in [5.74, 6) is 0. The summed E-state index contributed by atoms with van der Waals surface area (Å²) < 4.78 is 216. The van der Waals surface area contributed by atoms with E-state index in [2.05, 4.69) is 4.74 Å². The smallest absolute Gasteiger partial charge is 0.252 e. The summed E-state index contributed by atoms with van der Waals surface area (Å²) in [6.07, 6.45) is -4.61. The summed E-state index contributed by atoms with van der Waals surface area (Å²) in [5, 5.41) is -2.15. The van der Waals surface area contributed by atoms with E-state index in [0.29, 0.717) is 0 Å². The van der Waals surface area contributed by atoms with Gasteiger partial charge in [-0.25, -0.2) is 22.0 Å². The fraction of sp³-hybridized carbons (Fsp3) is 0.667. The molecule has 0 saturated heterocycles. The molecule has 1 aromatic rings. The standard InChI is InChI=1S/C12H21N3O5S3/c1-3-14-10-8-15(5-4-6-20-2)23(18,19)12-9(10)7-11(21-12)22(13,16)17/h7,10,14H,3-6,8H2,1-2H3,(H2,13,16,17)/t10-/m0/s1/i1D3,2D3,3D2,4D2,5D2,6D2,7D,8D2,10D/hD3. The molecule has 2 rings (SSSR count). The van der Waals surface area contributed by atoms with Crippen molar-refractivity contribution in [2.45, 2.75) is 27.7 Å². The molecule has 0 fully saturated rings. The molecular weight excluding hydrogens is 362 g/mol. The zero-order chi connectivity index (χ0) is 35.5. The van der Waals surface area contributed by atoms with Gasteiger partial charge >= 0.3 is 0 Å². The van der Waals surface area contributed by atoms with E-state index in [9.17, 15) is 16.8 Å². The quantitative estimate of drug-likeness (QED) is 0.634. The molecule has 1 aliphatic rings. The minimum Gasteiger partial charge on any atom is -0.385 e. The number of nitrogens with two attached hydrogens (primary N) is 1. The lowest BCUT2D eigenvalue weighted by Gasteiger charge is -2.32. The van der Waals surface area contributed by atoms with Crippen LogP contribution in [0.3, 0.4) is 0 Å². The third-order valence-electron chi connectivity index (χ3n) is 2.20. The highest BCUT2D eigenvalue weighted by Crippen LogP contribution is 2.39. The van der Waals surface area contributed by atoms with Crippen molar-refractivity contribution in [1.82, 2.24) is 9.62 Å². The number of ether oxygens (including phenoxy) is 1. The molecular formula is C12H21N3O5S3. The lowest BCUT2D eigenvalue weighted by atomic mass is 10.1. The van der Waals surface area contributed by atoms with E-state index < -0.39 is 118 Å². The van der Waals surface area contributed by atoms with Crippen molar-refractivity contribution >= 4 is 31.4 Å². The van der Waals surface area contributed by atoms with Crippen LogP contribution in [0.2, 0.25) is 4.24 Å². The van der Waals surface area contributed by atoms with Gasteiger partial charge in [0.2, 0.25) is 10.0 Å². The van der Waals surface area contributed by atoms with Crippen molar-refractivity contribution in [3.63, 3.8) is 0 Å². The van der Waals surface area contributed by atoms with E-state index in [1.165, 1.54) is 0 Å². The van der Waals surface area contributed by atoms with Crippen LogP contribution in [0, 0.1) is 0 Å². The Morgan fingerprint density at radius 3 is 3.39 bits per heavy atom. The van der Waals surface area contributed by atoms with Gasteiger partial charge in [0.15, 0.2) is 0 Å². The predicted octanol–water partition coefficient (Wildman–Crippen LogP) is 0.0869. The van der Waals surface area contributed by atoms with Gasteiger partial charge in [0.1, 0.15) is 12.7 Å². The molecule has 1 atom stereocenters. The topological polar surface area (TPSA) is 119 Å². The SMILES string of the molecule is [2H]c1c(S(=O)(=O)N([2H])[2H])sc2c1[C@@]([2H])(N([2H])C([2H])([2H])C([2H])([2H])[2H])C([2H])([2H])N(C([2H])([2H])C([2H])([2H])C([2H])([2H])OC([2H])([2H])[2H])S2(=O)=O. The van der Waals surface area contributed by atoms with Crippen LogP contribution in [0.15, 0.2) is 14.5 Å². The average Bonchev–Trinajstić information content (AvgIpc) is 3.13. The summed E-state index contributed by atoms with van der Waals surface area (Å²) in [4.78, 5) is 0. The molecule has 23 heavy (non-hydrogen) atoms. The Morgan fingerprint density at radius 2 is 2.70 bits per heavy atom. The number of thiophene rings is 1. The molecule has 0 spiro atoms. The second kappa shape index (κ2) is 7.13. The fourth-order valence-corrected chi connectivity index (χ4v) is 4.86. The summed E-state index contributed by atoms with van der Waals surface area (Å²) in [6, 6.07) is -6.15. The molecule has 2 heterocycles. The number of primary sulfonamides is 1. The number of nitrogens with one attached hydrogen (secondary N) is 1. The number of hydrogen-bond acceptors (Lipinski definition) is 7. The molecule has 0 aliphatic carbocycles. The van der Waals surface area contributed by atoms with Crippen molar-refractivity contribution in [3.05, 3.63) is 11.6 Å². The van der Waals surface area contributed by atoms with Gasteiger partial charge in [-0.1, -0.05) is 6.85 Å². The van der Waals surface area contributed by atoms with Gasteiger partial charge in [-0.15, -0.1) is 11.3 Å². The molecule has 1 aromatic heterocycles. The number of sulfonamides is 2. The van der Waals surface area contributed by atoms with Gasteiger partial charge in [-0.2, -0.15) is 4.31 Å². The maximum atomic E-state index is 13.8. The van der Waals surface area contributed by atoms with E-state index in [1.54, 1.807) is 0 Å². The normalized spacial score (nSPS) is 44.0. The second-order valence-electron chi connectivity index (χ2n) is 3.55. The number of hydrogen-bond donors (Lipinski definition) is 2. The molecule has 0 aromatic carbocycles. The lowest BCUT2D eigenvalue weighted by molar-refractivity contribution is 0.185. The van der Waals surface area contributed by atoms with Gasteiger partial charge in [0.05, 0.1) is 9.60 Å². The number of likely N-dealkylation sites (N-methyl/N-ethyl adjacent to an activating group) is 1. The summed E-state index contributed by atoms with van der Waals surface area (Å²) in [6.45, 7) is -22.1. The van der Waals surface area contributed by atoms with Gasteiger partial charge < -0.3 is 10.0 Å². The molecule has 0 saturated carbocycles. The average molecular weight is 405 g/mol. The molecule has 3 N–H and O–H groups in total. The van der Waals surface area contributed by atoms with Crippen LogP contribution < -0.4 is 10.4 Å². The Hall–Kier alpha value is -0.560. The predicted molar refractivity (Wildman–Crippen MR) is 87.4 cm³/mol. The van der Waals surface area contributed by atoms with Gasteiger partial charge in [-0.3, -0.25) is 0 Å². The first-order valence-electron chi connectivity index (χ1n) is 15.5. The lowest BCUT2D eigenvalue weighted by Crippen LogP contribution is -2.43. The highest BCUT2D eigenvalue weighted by molar-refractivity contribution is 7.94. The first-order valence-corrected chi connectivity index (χ1v) is 8.85. The van der Waals surface area contributed by atoms with E-state index in [1.807, 2.05) is 0 Å². The second-order valence-corrected chi connectivity index (χ2v) is 8.17. The minimum atomic E-state index is -6.23. The Kier molecular flexibility index (Phi) is 1.62. The van der Waals surface area contributed by atoms with Crippen LogP contribution in [-0.2, 0) is 24.8 Å². The van der Waals surface area contributed by atoms with E-state index in [-0.39, 0.29) is 0 Å². The number of rotatable bonds is 8. The molecule has 0 bridgehead atoms. The summed E-state index contributed by atoms with van der Waals surface area (Å²) >= 11 is -0.660. The van der Waals surface area contributed by atoms with Crippen molar-refractivity contribution < 1.29 is 50.5 Å². The maximum Gasteiger partial charge on any atom is 0.252 e. The van der Waals surface area contributed by atoms with Crippen LogP contribution in [0.25, 0.3) is 0 Å². The van der Waals surface area contributed by atoms with Crippen LogP contribution >= 0.6 is 11.3 Å². The molecule has 0 amide bonds. The van der Waals surface area contributed by atoms with E-state index >= 15 is 0 Å². The molecule has 1 aliphatic heterocycles. The monoisotopic (exact) mass is 404 g/mol. The zero-order valence-electron chi connectivity index (χ0n) is 31.6. The van der Waals surface area contributed by atoms with E-state index in [4.69, 9.17) is 28.9 Å². The zero-order valence-corrected chi connectivity index (χ0v) is 13.1. The fourth-order valence-electron chi connectivity index (χ4n) is 1.39. The van der Waals surface area contributed by atoms with Crippen LogP contribution in [0.5, 0.6) is 0 Å². The molecule has 11 heteroatoms. The third kappa shape index (κ3) is 3.92. The molecule has 0 unspecified atom stereocenters. The highest BCUT2D eigenvalue weighted by Gasteiger charge is 2.39. The van der Waals surface area contributed by atoms with Crippen LogP contribution in [-0.4, -0.2) is 54.2 Å². The van der Waals surface area contributed by atoms with Crippen molar-refractivity contribution in [2.75, 3.05) is 33.1 Å². The summed E-state index contributed by atoms with van der Waals surface area (Å²) in [5.41, 5.74) is -1.80. The van der Waals surface area contributed by atoms with Crippen LogP contribution in [0.1, 0.15) is 49.5 Å². The first kappa shape index (κ1) is 5.22. The van der Waals surface area contributed by atoms with Gasteiger partial charge in [0.25, 0.3) is 10.0 Å². The van der Waals surface area contributed by atoms with Crippen molar-refractivity contribution in [2.24, 2.45) is 5.13 Å². The third-order valence-corrected chi connectivity index (χ3v) is 6.54. The Labute approximate surface area is 170 Å². The largest absolute Gasteiger partial charge is 0.385 e. The van der Waals surface area contributed by atoms with E-state index in [0.717, 1.165) is 0 Å². The molecule has 0 radical (unpaired) electrons. The Bertz CT molecular complexity index is 1520. The first-order chi connectivity index (χ1) is 18.9. The van der Waals surface area contributed by atoms with Crippen LogP contribution in [0.4, 0.5) is 0 Å².